The zero-order chi connectivity index (χ0) is 39.6. The van der Waals surface area contributed by atoms with Crippen molar-refractivity contribution in [3.63, 3.8) is 0 Å². The minimum atomic E-state index is -0.797. The monoisotopic (exact) mass is 758 g/mol. The first-order valence-corrected chi connectivity index (χ1v) is 22.9. The first kappa shape index (κ1) is 51.8. The van der Waals surface area contributed by atoms with Gasteiger partial charge in [-0.3, -0.25) is 9.59 Å². The standard InChI is InChI=1S/C48H87NO5/c1-4-7-10-13-16-19-22-24-26-29-32-35-38-41-48(53)54-44(39-36-33-30-27-25-23-20-17-14-11-8-5-2)42-47(52)49-45(43-50)46(51)40-37-34-31-28-21-18-15-12-9-6-3/h8,11,17,20,24,26,32,35,44-46,50-51H,4-7,9-10,12-16,18-19,21-23,25,27-31,33-34,36-43H2,1-3H3,(H,49,52)/b11-8+,20-17+,26-24-,35-32+. The molecule has 1 amide bonds. The summed E-state index contributed by atoms with van der Waals surface area (Å²) < 4.78 is 5.86. The zero-order valence-corrected chi connectivity index (χ0v) is 35.6. The zero-order valence-electron chi connectivity index (χ0n) is 35.6. The van der Waals surface area contributed by atoms with Gasteiger partial charge < -0.3 is 20.3 Å². The van der Waals surface area contributed by atoms with E-state index >= 15 is 0 Å². The van der Waals surface area contributed by atoms with Crippen molar-refractivity contribution in [1.82, 2.24) is 5.32 Å². The van der Waals surface area contributed by atoms with E-state index in [9.17, 15) is 19.8 Å². The number of rotatable bonds is 40. The average molecular weight is 758 g/mol. The largest absolute Gasteiger partial charge is 0.462 e. The highest BCUT2D eigenvalue weighted by atomic mass is 16.5. The molecule has 6 heteroatoms. The second kappa shape index (κ2) is 42.0. The molecule has 314 valence electrons. The van der Waals surface area contributed by atoms with Crippen LogP contribution in [0.1, 0.15) is 220 Å². The lowest BCUT2D eigenvalue weighted by atomic mass is 10.0. The van der Waals surface area contributed by atoms with E-state index in [1.807, 2.05) is 6.08 Å². The molecular weight excluding hydrogens is 671 g/mol. The van der Waals surface area contributed by atoms with Crippen molar-refractivity contribution in [3.8, 4) is 0 Å². The number of ether oxygens (including phenoxy) is 1. The Kier molecular flexibility index (Phi) is 40.3. The molecule has 0 aliphatic rings. The van der Waals surface area contributed by atoms with Gasteiger partial charge in [0.1, 0.15) is 6.10 Å². The third-order valence-corrected chi connectivity index (χ3v) is 10.2. The number of aliphatic hydroxyl groups is 2. The summed E-state index contributed by atoms with van der Waals surface area (Å²) in [5.74, 6) is -0.571. The van der Waals surface area contributed by atoms with Gasteiger partial charge in [0.2, 0.25) is 5.91 Å². The number of nitrogens with one attached hydrogen (secondary N) is 1. The van der Waals surface area contributed by atoms with E-state index in [1.165, 1.54) is 89.9 Å². The van der Waals surface area contributed by atoms with Crippen molar-refractivity contribution < 1.29 is 24.5 Å². The number of carbonyl (C=O) groups excluding carboxylic acids is 2. The molecule has 54 heavy (non-hydrogen) atoms. The van der Waals surface area contributed by atoms with E-state index in [-0.39, 0.29) is 31.3 Å². The van der Waals surface area contributed by atoms with Crippen molar-refractivity contribution >= 4 is 11.9 Å². The van der Waals surface area contributed by atoms with Gasteiger partial charge in [-0.1, -0.05) is 185 Å². The summed E-state index contributed by atoms with van der Waals surface area (Å²) in [5.41, 5.74) is 0. The van der Waals surface area contributed by atoms with Crippen LogP contribution in [-0.4, -0.2) is 46.9 Å². The van der Waals surface area contributed by atoms with Gasteiger partial charge in [-0.25, -0.2) is 0 Å². The maximum atomic E-state index is 13.1. The topological polar surface area (TPSA) is 95.9 Å². The molecule has 3 N–H and O–H groups in total. The normalized spacial score (nSPS) is 13.8. The molecule has 3 unspecified atom stereocenters. The van der Waals surface area contributed by atoms with Gasteiger partial charge in [-0.05, 0) is 70.6 Å². The van der Waals surface area contributed by atoms with Crippen molar-refractivity contribution in [3.05, 3.63) is 48.6 Å². The molecule has 0 aromatic carbocycles. The van der Waals surface area contributed by atoms with Crippen LogP contribution in [0.3, 0.4) is 0 Å². The Balaban J connectivity index is 4.69. The van der Waals surface area contributed by atoms with Gasteiger partial charge in [-0.2, -0.15) is 0 Å². The molecule has 0 aromatic rings. The predicted molar refractivity (Wildman–Crippen MR) is 232 cm³/mol. The van der Waals surface area contributed by atoms with Crippen LogP contribution in [-0.2, 0) is 14.3 Å². The smallest absolute Gasteiger partial charge is 0.306 e. The molecule has 0 bridgehead atoms. The lowest BCUT2D eigenvalue weighted by molar-refractivity contribution is -0.150. The molecule has 0 aromatic heterocycles. The first-order chi connectivity index (χ1) is 26.5. The molecule has 0 saturated heterocycles. The average Bonchev–Trinajstić information content (AvgIpc) is 3.16. The second-order valence-electron chi connectivity index (χ2n) is 15.4. The summed E-state index contributed by atoms with van der Waals surface area (Å²) in [6.45, 7) is 6.32. The van der Waals surface area contributed by atoms with E-state index < -0.39 is 18.2 Å². The summed E-state index contributed by atoms with van der Waals surface area (Å²) in [6, 6.07) is -0.714. The van der Waals surface area contributed by atoms with Crippen molar-refractivity contribution in [2.75, 3.05) is 6.61 Å². The van der Waals surface area contributed by atoms with Crippen LogP contribution in [0.4, 0.5) is 0 Å². The van der Waals surface area contributed by atoms with Gasteiger partial charge in [0.15, 0.2) is 0 Å². The van der Waals surface area contributed by atoms with Gasteiger partial charge >= 0.3 is 5.97 Å². The van der Waals surface area contributed by atoms with Gasteiger partial charge in [0.05, 0.1) is 25.2 Å². The fraction of sp³-hybridized carbons (Fsp3) is 0.792. The first-order valence-electron chi connectivity index (χ1n) is 22.9. The Morgan fingerprint density at radius 3 is 1.50 bits per heavy atom. The molecule has 0 aliphatic carbocycles. The van der Waals surface area contributed by atoms with Crippen LogP contribution in [0, 0.1) is 0 Å². The molecule has 0 saturated carbocycles. The maximum absolute atomic E-state index is 13.1. The minimum Gasteiger partial charge on any atom is -0.462 e. The summed E-state index contributed by atoms with van der Waals surface area (Å²) in [4.78, 5) is 25.9. The number of unbranched alkanes of at least 4 members (excludes halogenated alkanes) is 20. The second-order valence-corrected chi connectivity index (χ2v) is 15.4. The Labute approximate surface area is 334 Å². The van der Waals surface area contributed by atoms with Crippen LogP contribution in [0.5, 0.6) is 0 Å². The van der Waals surface area contributed by atoms with E-state index in [4.69, 9.17) is 4.74 Å². The Hall–Kier alpha value is -2.18. The summed E-state index contributed by atoms with van der Waals surface area (Å²) in [7, 11) is 0. The molecule has 6 nitrogen and oxygen atoms in total. The molecular formula is C48H87NO5. The molecule has 0 aliphatic heterocycles. The third kappa shape index (κ3) is 36.8. The summed E-state index contributed by atoms with van der Waals surface area (Å²) in [6.07, 6.45) is 48.9. The van der Waals surface area contributed by atoms with Crippen molar-refractivity contribution in [2.24, 2.45) is 0 Å². The SMILES string of the molecule is CC/C=C/C/C=C/CCCCCCCC(CC(=O)NC(CO)C(O)CCCCCCCCCCCC)OC(=O)CC/C=C/C/C=C\CCCCCCCC. The van der Waals surface area contributed by atoms with Gasteiger partial charge in [-0.15, -0.1) is 0 Å². The Morgan fingerprint density at radius 1 is 0.556 bits per heavy atom. The number of amides is 1. The highest BCUT2D eigenvalue weighted by Crippen LogP contribution is 2.17. The number of carbonyl (C=O) groups is 2. The van der Waals surface area contributed by atoms with Crippen LogP contribution in [0.15, 0.2) is 48.6 Å². The molecule has 0 fully saturated rings. The van der Waals surface area contributed by atoms with E-state index in [0.717, 1.165) is 77.0 Å². The fourth-order valence-corrected chi connectivity index (χ4v) is 6.70. The maximum Gasteiger partial charge on any atom is 0.306 e. The lowest BCUT2D eigenvalue weighted by Gasteiger charge is -2.24. The number of esters is 1. The molecule has 0 spiro atoms. The van der Waals surface area contributed by atoms with Crippen LogP contribution in [0.25, 0.3) is 0 Å². The number of allylic oxidation sites excluding steroid dienone is 8. The van der Waals surface area contributed by atoms with Gasteiger partial charge in [0.25, 0.3) is 0 Å². The Morgan fingerprint density at radius 2 is 1.00 bits per heavy atom. The lowest BCUT2D eigenvalue weighted by Crippen LogP contribution is -2.46. The third-order valence-electron chi connectivity index (χ3n) is 10.2. The number of aliphatic hydroxyl groups excluding tert-OH is 2. The van der Waals surface area contributed by atoms with Crippen molar-refractivity contribution in [2.45, 2.75) is 238 Å². The molecule has 3 atom stereocenters. The predicted octanol–water partition coefficient (Wildman–Crippen LogP) is 13.1. The Bertz CT molecular complexity index is 941. The van der Waals surface area contributed by atoms with E-state index in [1.54, 1.807) is 0 Å². The highest BCUT2D eigenvalue weighted by Gasteiger charge is 2.24. The minimum absolute atomic E-state index is 0.0454. The quantitative estimate of drug-likeness (QED) is 0.0329. The number of hydrogen-bond donors (Lipinski definition) is 3. The van der Waals surface area contributed by atoms with Crippen molar-refractivity contribution in [1.29, 1.82) is 0 Å². The summed E-state index contributed by atoms with van der Waals surface area (Å²) in [5, 5.41) is 23.6. The van der Waals surface area contributed by atoms with Crippen LogP contribution in [0.2, 0.25) is 0 Å². The van der Waals surface area contributed by atoms with Gasteiger partial charge in [0, 0.05) is 6.42 Å². The molecule has 0 rings (SSSR count). The summed E-state index contributed by atoms with van der Waals surface area (Å²) >= 11 is 0. The highest BCUT2D eigenvalue weighted by molar-refractivity contribution is 5.77. The molecule has 0 heterocycles. The van der Waals surface area contributed by atoms with E-state index in [0.29, 0.717) is 19.3 Å². The fourth-order valence-electron chi connectivity index (χ4n) is 6.70. The molecule has 0 radical (unpaired) electrons. The van der Waals surface area contributed by atoms with E-state index in [2.05, 4.69) is 68.6 Å². The van der Waals surface area contributed by atoms with Crippen LogP contribution >= 0.6 is 0 Å². The van der Waals surface area contributed by atoms with Crippen LogP contribution < -0.4 is 5.32 Å². The number of hydrogen-bond acceptors (Lipinski definition) is 5.